The van der Waals surface area contributed by atoms with E-state index in [9.17, 15) is 0 Å². The van der Waals surface area contributed by atoms with Gasteiger partial charge in [-0.15, -0.1) is 0 Å². The van der Waals surface area contributed by atoms with Crippen LogP contribution in [0.15, 0.2) is 47.4 Å². The van der Waals surface area contributed by atoms with E-state index in [-0.39, 0.29) is 17.6 Å². The SMILES string of the molecule is CCC/C=C(/N=C(\c1cnc(-c2ccccc2OC(C)C)c(F)c1C)N1CC2CCC(C1)N2)OC. The molecule has 35 heavy (non-hydrogen) atoms. The Morgan fingerprint density at radius 1 is 1.26 bits per heavy atom. The Hall–Kier alpha value is -2.93. The summed E-state index contributed by atoms with van der Waals surface area (Å²) in [5, 5.41) is 3.66. The Balaban J connectivity index is 1.78. The summed E-state index contributed by atoms with van der Waals surface area (Å²) in [5.41, 5.74) is 2.14. The van der Waals surface area contributed by atoms with Crippen molar-refractivity contribution < 1.29 is 13.9 Å². The van der Waals surface area contributed by atoms with Gasteiger partial charge in [0.15, 0.2) is 5.82 Å². The third-order valence-electron chi connectivity index (χ3n) is 6.56. The maximum atomic E-state index is 15.9. The predicted octanol–water partition coefficient (Wildman–Crippen LogP) is 5.45. The number of piperazine rings is 1. The molecule has 0 radical (unpaired) electrons. The summed E-state index contributed by atoms with van der Waals surface area (Å²) in [6, 6.07) is 8.30. The molecule has 0 amide bonds. The molecule has 1 aromatic heterocycles. The number of para-hydroxylation sites is 1. The lowest BCUT2D eigenvalue weighted by atomic mass is 10.0. The van der Waals surface area contributed by atoms with Crippen LogP contribution in [0.25, 0.3) is 11.3 Å². The number of methoxy groups -OCH3 is 1. The molecule has 2 aromatic rings. The van der Waals surface area contributed by atoms with Gasteiger partial charge < -0.3 is 19.7 Å². The minimum Gasteiger partial charge on any atom is -0.490 e. The van der Waals surface area contributed by atoms with Crippen LogP contribution in [-0.4, -0.2) is 54.1 Å². The van der Waals surface area contributed by atoms with Crippen molar-refractivity contribution in [1.29, 1.82) is 0 Å². The van der Waals surface area contributed by atoms with Gasteiger partial charge in [0.25, 0.3) is 0 Å². The number of aromatic nitrogens is 1. The van der Waals surface area contributed by atoms with Crippen LogP contribution >= 0.6 is 0 Å². The summed E-state index contributed by atoms with van der Waals surface area (Å²) < 4.78 is 27.4. The maximum Gasteiger partial charge on any atom is 0.210 e. The first-order chi connectivity index (χ1) is 16.9. The highest BCUT2D eigenvalue weighted by atomic mass is 19.1. The number of pyridine rings is 1. The van der Waals surface area contributed by atoms with Crippen molar-refractivity contribution >= 4 is 5.84 Å². The van der Waals surface area contributed by atoms with E-state index in [4.69, 9.17) is 14.5 Å². The molecule has 7 heteroatoms. The molecule has 2 saturated heterocycles. The number of nitrogens with zero attached hydrogens (tertiary/aromatic N) is 3. The van der Waals surface area contributed by atoms with E-state index < -0.39 is 0 Å². The number of nitrogens with one attached hydrogen (secondary N) is 1. The zero-order chi connectivity index (χ0) is 24.9. The lowest BCUT2D eigenvalue weighted by molar-refractivity contribution is 0.243. The summed E-state index contributed by atoms with van der Waals surface area (Å²) in [4.78, 5) is 11.8. The molecule has 1 N–H and O–H groups in total. The fraction of sp³-hybridized carbons (Fsp3) is 0.500. The first-order valence-electron chi connectivity index (χ1n) is 12.7. The number of halogens is 1. The lowest BCUT2D eigenvalue weighted by Gasteiger charge is -2.35. The van der Waals surface area contributed by atoms with Gasteiger partial charge in [-0.05, 0) is 63.8 Å². The van der Waals surface area contributed by atoms with Crippen LogP contribution in [-0.2, 0) is 4.74 Å². The Labute approximate surface area is 208 Å². The second-order valence-electron chi connectivity index (χ2n) is 9.64. The highest BCUT2D eigenvalue weighted by Crippen LogP contribution is 2.33. The number of hydrogen-bond acceptors (Lipinski definition) is 5. The average molecular weight is 481 g/mol. The number of benzene rings is 1. The van der Waals surface area contributed by atoms with Crippen molar-refractivity contribution in [3.8, 4) is 17.0 Å². The molecular formula is C28H37FN4O2. The highest BCUT2D eigenvalue weighted by molar-refractivity contribution is 6.01. The van der Waals surface area contributed by atoms with E-state index in [1.807, 2.05) is 44.2 Å². The molecular weight excluding hydrogens is 443 g/mol. The highest BCUT2D eigenvalue weighted by Gasteiger charge is 2.35. The standard InChI is InChI=1S/C28H37FN4O2/c1-6-7-12-25(34-5)32-28(33-16-20-13-14-21(17-33)31-20)23-15-30-27(26(29)19(23)4)22-10-8-9-11-24(22)35-18(2)3/h8-12,15,18,20-21,31H,6-7,13-14,16-17H2,1-5H3/b25-12-,32-28+. The molecule has 4 rings (SSSR count). The van der Waals surface area contributed by atoms with Crippen LogP contribution in [0.3, 0.4) is 0 Å². The van der Waals surface area contributed by atoms with Crippen LogP contribution in [0.2, 0.25) is 0 Å². The Bertz CT molecular complexity index is 1090. The van der Waals surface area contributed by atoms with Gasteiger partial charge in [-0.25, -0.2) is 4.39 Å². The molecule has 0 saturated carbocycles. The van der Waals surface area contributed by atoms with Gasteiger partial charge in [-0.2, -0.15) is 4.99 Å². The molecule has 2 atom stereocenters. The largest absolute Gasteiger partial charge is 0.490 e. The normalized spacial score (nSPS) is 20.5. The van der Waals surface area contributed by atoms with Crippen LogP contribution < -0.4 is 10.1 Å². The molecule has 2 bridgehead atoms. The molecule has 188 valence electrons. The van der Waals surface area contributed by atoms with Crippen molar-refractivity contribution in [3.63, 3.8) is 0 Å². The summed E-state index contributed by atoms with van der Waals surface area (Å²) in [5.74, 6) is 1.53. The van der Waals surface area contributed by atoms with Crippen molar-refractivity contribution in [1.82, 2.24) is 15.2 Å². The van der Waals surface area contributed by atoms with Gasteiger partial charge >= 0.3 is 0 Å². The number of ether oxygens (including phenoxy) is 2. The maximum absolute atomic E-state index is 15.9. The summed E-state index contributed by atoms with van der Waals surface area (Å²) in [6.07, 6.45) is 7.87. The molecule has 2 unspecified atom stereocenters. The fourth-order valence-corrected chi connectivity index (χ4v) is 4.83. The van der Waals surface area contributed by atoms with E-state index >= 15 is 4.39 Å². The van der Waals surface area contributed by atoms with Crippen LogP contribution in [0.1, 0.15) is 57.6 Å². The predicted molar refractivity (Wildman–Crippen MR) is 138 cm³/mol. The second kappa shape index (κ2) is 11.2. The number of allylic oxidation sites excluding steroid dienone is 1. The Morgan fingerprint density at radius 3 is 2.63 bits per heavy atom. The smallest absolute Gasteiger partial charge is 0.210 e. The summed E-state index contributed by atoms with van der Waals surface area (Å²) in [7, 11) is 1.63. The minimum atomic E-state index is -0.357. The van der Waals surface area contributed by atoms with Gasteiger partial charge in [-0.3, -0.25) is 4.98 Å². The van der Waals surface area contributed by atoms with E-state index in [0.717, 1.165) is 44.6 Å². The van der Waals surface area contributed by atoms with Gasteiger partial charge in [-0.1, -0.05) is 25.5 Å². The van der Waals surface area contributed by atoms with Crippen molar-refractivity contribution in [2.75, 3.05) is 20.2 Å². The number of unbranched alkanes of at least 4 members (excludes halogenated alkanes) is 1. The Kier molecular flexibility index (Phi) is 8.06. The quantitative estimate of drug-likeness (QED) is 0.309. The second-order valence-corrected chi connectivity index (χ2v) is 9.64. The van der Waals surface area contributed by atoms with Crippen LogP contribution in [0.5, 0.6) is 5.75 Å². The van der Waals surface area contributed by atoms with Crippen molar-refractivity contribution in [3.05, 3.63) is 59.4 Å². The number of likely N-dealkylation sites (tertiary alicyclic amines) is 1. The Morgan fingerprint density at radius 2 is 1.97 bits per heavy atom. The number of rotatable bonds is 8. The third kappa shape index (κ3) is 5.67. The fourth-order valence-electron chi connectivity index (χ4n) is 4.83. The molecule has 6 nitrogen and oxygen atoms in total. The van der Waals surface area contributed by atoms with Crippen molar-refractivity contribution in [2.24, 2.45) is 4.99 Å². The van der Waals surface area contributed by atoms with Gasteiger partial charge in [0.2, 0.25) is 5.88 Å². The van der Waals surface area contributed by atoms with E-state index in [1.54, 1.807) is 20.2 Å². The average Bonchev–Trinajstić information content (AvgIpc) is 3.19. The van der Waals surface area contributed by atoms with Crippen LogP contribution in [0, 0.1) is 12.7 Å². The molecule has 2 aliphatic heterocycles. The zero-order valence-corrected chi connectivity index (χ0v) is 21.5. The van der Waals surface area contributed by atoms with Crippen molar-refractivity contribution in [2.45, 2.75) is 71.6 Å². The van der Waals surface area contributed by atoms with E-state index in [0.29, 0.717) is 40.4 Å². The topological polar surface area (TPSA) is 59.0 Å². The number of hydrogen-bond donors (Lipinski definition) is 1. The monoisotopic (exact) mass is 480 g/mol. The number of fused-ring (bicyclic) bond motifs is 2. The van der Waals surface area contributed by atoms with Gasteiger partial charge in [0.05, 0.1) is 13.2 Å². The first-order valence-corrected chi connectivity index (χ1v) is 12.7. The minimum absolute atomic E-state index is 0.0243. The number of amidine groups is 1. The summed E-state index contributed by atoms with van der Waals surface area (Å²) in [6.45, 7) is 9.49. The van der Waals surface area contributed by atoms with E-state index in [1.165, 1.54) is 0 Å². The molecule has 0 spiro atoms. The molecule has 2 fully saturated rings. The number of aliphatic imine (C=N–C) groups is 1. The third-order valence-corrected chi connectivity index (χ3v) is 6.56. The van der Waals surface area contributed by atoms with E-state index in [2.05, 4.69) is 22.1 Å². The first kappa shape index (κ1) is 25.2. The lowest BCUT2D eigenvalue weighted by Crippen LogP contribution is -2.53. The zero-order valence-electron chi connectivity index (χ0n) is 21.5. The molecule has 1 aromatic carbocycles. The summed E-state index contributed by atoms with van der Waals surface area (Å²) >= 11 is 0. The molecule has 2 aliphatic rings. The molecule has 3 heterocycles. The molecule has 0 aliphatic carbocycles. The van der Waals surface area contributed by atoms with Gasteiger partial charge in [0.1, 0.15) is 17.3 Å². The van der Waals surface area contributed by atoms with Crippen LogP contribution in [0.4, 0.5) is 4.39 Å². The van der Waals surface area contributed by atoms with Gasteiger partial charge in [0, 0.05) is 42.5 Å².